The van der Waals surface area contributed by atoms with E-state index in [-0.39, 0.29) is 11.5 Å². The fourth-order valence-electron chi connectivity index (χ4n) is 3.33. The van der Waals surface area contributed by atoms with Crippen LogP contribution in [-0.2, 0) is 14.3 Å². The first kappa shape index (κ1) is 21.1. The average Bonchev–Trinajstić information content (AvgIpc) is 3.31. The van der Waals surface area contributed by atoms with Crippen molar-refractivity contribution in [3.05, 3.63) is 71.3 Å². The molecule has 0 aliphatic carbocycles. The van der Waals surface area contributed by atoms with Gasteiger partial charge in [-0.25, -0.2) is 4.79 Å². The lowest BCUT2D eigenvalue weighted by molar-refractivity contribution is -0.157. The minimum atomic E-state index is -1.07. The summed E-state index contributed by atoms with van der Waals surface area (Å²) in [5, 5.41) is 9.51. The Hall–Kier alpha value is -3.59. The van der Waals surface area contributed by atoms with Crippen LogP contribution in [0.2, 0.25) is 0 Å². The molecule has 1 heterocycles. The lowest BCUT2D eigenvalue weighted by Gasteiger charge is -2.23. The van der Waals surface area contributed by atoms with Crippen LogP contribution in [0.3, 0.4) is 0 Å². The normalized spacial score (nSPS) is 14.7. The van der Waals surface area contributed by atoms with Crippen molar-refractivity contribution in [3.8, 4) is 6.07 Å². The van der Waals surface area contributed by atoms with Crippen molar-refractivity contribution >= 4 is 23.6 Å². The number of hydrogen-bond donors (Lipinski definition) is 0. The van der Waals surface area contributed by atoms with E-state index in [4.69, 9.17) is 4.74 Å². The topological polar surface area (TPSA) is 73.6 Å². The number of likely N-dealkylation sites (tertiary alicyclic amines) is 1. The Balaban J connectivity index is 1.82. The van der Waals surface area contributed by atoms with Crippen LogP contribution in [0.5, 0.6) is 0 Å². The molecule has 1 amide bonds. The molecule has 1 aliphatic heterocycles. The molecule has 6 nitrogen and oxygen atoms in total. The minimum Gasteiger partial charge on any atom is -0.443 e. The Morgan fingerprint density at radius 1 is 1.07 bits per heavy atom. The molecule has 1 aliphatic rings. The van der Waals surface area contributed by atoms with E-state index < -0.39 is 12.1 Å². The van der Waals surface area contributed by atoms with Crippen LogP contribution in [-0.4, -0.2) is 44.0 Å². The number of anilines is 1. The predicted molar refractivity (Wildman–Crippen MR) is 115 cm³/mol. The third kappa shape index (κ3) is 5.06. The van der Waals surface area contributed by atoms with Gasteiger partial charge in [0.25, 0.3) is 5.91 Å². The van der Waals surface area contributed by atoms with Gasteiger partial charge >= 0.3 is 5.97 Å². The minimum absolute atomic E-state index is 0.150. The summed E-state index contributed by atoms with van der Waals surface area (Å²) in [7, 11) is 3.87. The number of nitriles is 1. The molecule has 0 N–H and O–H groups in total. The number of amides is 1. The van der Waals surface area contributed by atoms with Gasteiger partial charge in [-0.1, -0.05) is 42.5 Å². The summed E-state index contributed by atoms with van der Waals surface area (Å²) in [5.74, 6) is -1.06. The maximum absolute atomic E-state index is 13.0. The Morgan fingerprint density at radius 2 is 1.70 bits per heavy atom. The molecule has 0 radical (unpaired) electrons. The summed E-state index contributed by atoms with van der Waals surface area (Å²) in [6.45, 7) is 1.30. The lowest BCUT2D eigenvalue weighted by atomic mass is 10.1. The molecule has 3 rings (SSSR count). The van der Waals surface area contributed by atoms with Crippen LogP contribution in [0.15, 0.2) is 60.2 Å². The van der Waals surface area contributed by atoms with Gasteiger partial charge in [0.05, 0.1) is 0 Å². The Labute approximate surface area is 177 Å². The second-order valence-corrected chi connectivity index (χ2v) is 7.38. The van der Waals surface area contributed by atoms with E-state index in [0.29, 0.717) is 24.2 Å². The van der Waals surface area contributed by atoms with Crippen molar-refractivity contribution in [1.29, 1.82) is 5.26 Å². The molecule has 0 aromatic heterocycles. The number of nitrogens with zero attached hydrogens (tertiary/aromatic N) is 3. The second-order valence-electron chi connectivity index (χ2n) is 7.38. The Kier molecular flexibility index (Phi) is 6.87. The van der Waals surface area contributed by atoms with E-state index in [0.717, 1.165) is 18.5 Å². The molecule has 2 aromatic rings. The molecule has 1 fully saturated rings. The lowest BCUT2D eigenvalue weighted by Crippen LogP contribution is -2.35. The van der Waals surface area contributed by atoms with Gasteiger partial charge in [0.15, 0.2) is 0 Å². The van der Waals surface area contributed by atoms with Gasteiger partial charge < -0.3 is 14.5 Å². The number of rotatable bonds is 6. The summed E-state index contributed by atoms with van der Waals surface area (Å²) in [6, 6.07) is 18.3. The van der Waals surface area contributed by atoms with Crippen LogP contribution in [0.25, 0.3) is 6.08 Å². The zero-order valence-electron chi connectivity index (χ0n) is 17.2. The fraction of sp³-hybridized carbons (Fsp3) is 0.292. The highest BCUT2D eigenvalue weighted by Gasteiger charge is 2.31. The van der Waals surface area contributed by atoms with Gasteiger partial charge in [-0.05, 0) is 36.6 Å². The van der Waals surface area contributed by atoms with Gasteiger partial charge in [-0.15, -0.1) is 0 Å². The van der Waals surface area contributed by atoms with Crippen molar-refractivity contribution in [3.63, 3.8) is 0 Å². The SMILES string of the molecule is CN(C)c1ccc(/C=C(\C#N)C(=O)O[C@@H](C(=O)N2CCCC2)c2ccccc2)cc1. The molecule has 30 heavy (non-hydrogen) atoms. The molecular formula is C24H25N3O3. The summed E-state index contributed by atoms with van der Waals surface area (Å²) >= 11 is 0. The van der Waals surface area contributed by atoms with Crippen molar-refractivity contribution in [2.75, 3.05) is 32.1 Å². The average molecular weight is 403 g/mol. The highest BCUT2D eigenvalue weighted by atomic mass is 16.5. The molecule has 2 aromatic carbocycles. The zero-order valence-corrected chi connectivity index (χ0v) is 17.2. The summed E-state index contributed by atoms with van der Waals surface area (Å²) < 4.78 is 5.57. The standard InChI is InChI=1S/C24H25N3O3/c1-26(2)21-12-10-18(11-13-21)16-20(17-25)24(29)30-22(19-8-4-3-5-9-19)23(28)27-14-6-7-15-27/h3-5,8-13,16,22H,6-7,14-15H2,1-2H3/b20-16+/t22-/m1/s1. The first-order valence-corrected chi connectivity index (χ1v) is 9.93. The highest BCUT2D eigenvalue weighted by Crippen LogP contribution is 2.24. The second kappa shape index (κ2) is 9.75. The van der Waals surface area contributed by atoms with Crippen molar-refractivity contribution in [2.24, 2.45) is 0 Å². The number of carbonyl (C=O) groups is 2. The van der Waals surface area contributed by atoms with Gasteiger partial charge in [0, 0.05) is 38.4 Å². The molecular weight excluding hydrogens is 378 g/mol. The van der Waals surface area contributed by atoms with Gasteiger partial charge in [-0.3, -0.25) is 4.79 Å². The summed E-state index contributed by atoms with van der Waals surface area (Å²) in [5.41, 5.74) is 2.16. The van der Waals surface area contributed by atoms with Crippen LogP contribution >= 0.6 is 0 Å². The number of hydrogen-bond acceptors (Lipinski definition) is 5. The molecule has 0 bridgehead atoms. The van der Waals surface area contributed by atoms with E-state index >= 15 is 0 Å². The third-order valence-electron chi connectivity index (χ3n) is 5.03. The van der Waals surface area contributed by atoms with E-state index in [2.05, 4.69) is 0 Å². The molecule has 0 spiro atoms. The molecule has 154 valence electrons. The Bertz CT molecular complexity index is 953. The fourth-order valence-corrected chi connectivity index (χ4v) is 3.33. The Morgan fingerprint density at radius 3 is 2.27 bits per heavy atom. The van der Waals surface area contributed by atoms with E-state index in [9.17, 15) is 14.9 Å². The smallest absolute Gasteiger partial charge is 0.350 e. The predicted octanol–water partition coefficient (Wildman–Crippen LogP) is 3.57. The molecule has 6 heteroatoms. The monoisotopic (exact) mass is 403 g/mol. The van der Waals surface area contributed by atoms with Gasteiger partial charge in [0.2, 0.25) is 6.10 Å². The first-order valence-electron chi connectivity index (χ1n) is 9.93. The largest absolute Gasteiger partial charge is 0.443 e. The number of ether oxygens (including phenoxy) is 1. The highest BCUT2D eigenvalue weighted by molar-refractivity contribution is 5.99. The van der Waals surface area contributed by atoms with Crippen LogP contribution in [0.4, 0.5) is 5.69 Å². The maximum Gasteiger partial charge on any atom is 0.350 e. The third-order valence-corrected chi connectivity index (χ3v) is 5.03. The summed E-state index contributed by atoms with van der Waals surface area (Å²) in [4.78, 5) is 29.4. The number of carbonyl (C=O) groups excluding carboxylic acids is 2. The molecule has 1 saturated heterocycles. The van der Waals surface area contributed by atoms with Crippen molar-refractivity contribution < 1.29 is 14.3 Å². The molecule has 0 unspecified atom stereocenters. The molecule has 0 saturated carbocycles. The van der Waals surface area contributed by atoms with Crippen LogP contribution in [0, 0.1) is 11.3 Å². The van der Waals surface area contributed by atoms with Crippen molar-refractivity contribution in [1.82, 2.24) is 4.90 Å². The van der Waals surface area contributed by atoms with E-state index in [1.165, 1.54) is 6.08 Å². The number of esters is 1. The summed E-state index contributed by atoms with van der Waals surface area (Å²) in [6.07, 6.45) is 2.29. The zero-order chi connectivity index (χ0) is 21.5. The van der Waals surface area contributed by atoms with Crippen LogP contribution < -0.4 is 4.90 Å². The maximum atomic E-state index is 13.0. The first-order chi connectivity index (χ1) is 14.5. The van der Waals surface area contributed by atoms with Crippen molar-refractivity contribution in [2.45, 2.75) is 18.9 Å². The van der Waals surface area contributed by atoms with E-state index in [1.807, 2.05) is 55.4 Å². The van der Waals surface area contributed by atoms with Gasteiger partial charge in [-0.2, -0.15) is 5.26 Å². The molecule has 1 atom stereocenters. The number of benzene rings is 2. The van der Waals surface area contributed by atoms with Crippen LogP contribution in [0.1, 0.15) is 30.1 Å². The van der Waals surface area contributed by atoms with Gasteiger partial charge in [0.1, 0.15) is 11.6 Å². The quantitative estimate of drug-likeness (QED) is 0.419. The van der Waals surface area contributed by atoms with E-state index in [1.54, 1.807) is 29.2 Å².